The number of fused-ring (bicyclic) bond motifs is 1. The van der Waals surface area contributed by atoms with Crippen molar-refractivity contribution in [3.63, 3.8) is 0 Å². The standard InChI is InChI=1S/C18H17FN2O3/c19-13-7-5-12(6-8-13)9-10-20-17(22)11-16-18(23)21-14-3-1-2-4-15(14)24-16/h1-8,16H,9-11H2,(H,20,22)(H,21,23)/t16-/m0/s1. The van der Waals surface area contributed by atoms with Crippen LogP contribution in [0.1, 0.15) is 12.0 Å². The van der Waals surface area contributed by atoms with Gasteiger partial charge in [0, 0.05) is 6.54 Å². The molecule has 2 aromatic carbocycles. The summed E-state index contributed by atoms with van der Waals surface area (Å²) in [6.07, 6.45) is -0.304. The Bertz CT molecular complexity index is 746. The topological polar surface area (TPSA) is 67.4 Å². The predicted octanol–water partition coefficient (Wildman–Crippen LogP) is 2.27. The van der Waals surface area contributed by atoms with Gasteiger partial charge in [-0.25, -0.2) is 4.39 Å². The largest absolute Gasteiger partial charge is 0.478 e. The van der Waals surface area contributed by atoms with Gasteiger partial charge in [-0.1, -0.05) is 24.3 Å². The average Bonchev–Trinajstić information content (AvgIpc) is 2.57. The van der Waals surface area contributed by atoms with Crippen molar-refractivity contribution >= 4 is 17.5 Å². The van der Waals surface area contributed by atoms with Crippen LogP contribution in [0.2, 0.25) is 0 Å². The molecule has 0 radical (unpaired) electrons. The molecule has 5 nitrogen and oxygen atoms in total. The molecule has 0 spiro atoms. The third-order valence-electron chi connectivity index (χ3n) is 3.73. The number of rotatable bonds is 5. The highest BCUT2D eigenvalue weighted by Crippen LogP contribution is 2.29. The van der Waals surface area contributed by atoms with Crippen molar-refractivity contribution in [2.45, 2.75) is 18.9 Å². The molecule has 2 amide bonds. The van der Waals surface area contributed by atoms with Crippen LogP contribution < -0.4 is 15.4 Å². The van der Waals surface area contributed by atoms with Crippen molar-refractivity contribution in [3.05, 3.63) is 59.9 Å². The smallest absolute Gasteiger partial charge is 0.266 e. The molecule has 2 aromatic rings. The van der Waals surface area contributed by atoms with Gasteiger partial charge in [0.1, 0.15) is 11.6 Å². The fraction of sp³-hybridized carbons (Fsp3) is 0.222. The molecule has 1 aliphatic heterocycles. The van der Waals surface area contributed by atoms with Gasteiger partial charge in [0.2, 0.25) is 5.91 Å². The summed E-state index contributed by atoms with van der Waals surface area (Å²) < 4.78 is 18.4. The average molecular weight is 328 g/mol. The minimum absolute atomic E-state index is 0.0520. The Morgan fingerprint density at radius 2 is 1.92 bits per heavy atom. The van der Waals surface area contributed by atoms with E-state index >= 15 is 0 Å². The fourth-order valence-electron chi connectivity index (χ4n) is 2.46. The van der Waals surface area contributed by atoms with Gasteiger partial charge >= 0.3 is 0 Å². The van der Waals surface area contributed by atoms with Gasteiger partial charge in [-0.3, -0.25) is 9.59 Å². The van der Waals surface area contributed by atoms with Crippen molar-refractivity contribution in [2.75, 3.05) is 11.9 Å². The molecular formula is C18H17FN2O3. The van der Waals surface area contributed by atoms with E-state index in [1.54, 1.807) is 36.4 Å². The van der Waals surface area contributed by atoms with Gasteiger partial charge in [-0.15, -0.1) is 0 Å². The maximum atomic E-state index is 12.8. The molecule has 24 heavy (non-hydrogen) atoms. The Labute approximate surface area is 138 Å². The van der Waals surface area contributed by atoms with Crippen LogP contribution in [0.15, 0.2) is 48.5 Å². The van der Waals surface area contributed by atoms with Crippen LogP contribution in [0.25, 0.3) is 0 Å². The van der Waals surface area contributed by atoms with Crippen LogP contribution in [0, 0.1) is 5.82 Å². The number of para-hydroxylation sites is 2. The number of halogens is 1. The van der Waals surface area contributed by atoms with Crippen LogP contribution in [-0.4, -0.2) is 24.5 Å². The lowest BCUT2D eigenvalue weighted by molar-refractivity contribution is -0.130. The summed E-state index contributed by atoms with van der Waals surface area (Å²) in [5.74, 6) is -0.330. The molecule has 0 aromatic heterocycles. The van der Waals surface area contributed by atoms with E-state index in [2.05, 4.69) is 10.6 Å². The first-order valence-electron chi connectivity index (χ1n) is 7.69. The van der Waals surface area contributed by atoms with Crippen molar-refractivity contribution in [3.8, 4) is 5.75 Å². The number of carbonyl (C=O) groups is 2. The van der Waals surface area contributed by atoms with E-state index < -0.39 is 6.10 Å². The number of amides is 2. The Morgan fingerprint density at radius 1 is 1.17 bits per heavy atom. The zero-order valence-corrected chi connectivity index (χ0v) is 12.9. The van der Waals surface area contributed by atoms with Crippen molar-refractivity contribution in [1.82, 2.24) is 5.32 Å². The van der Waals surface area contributed by atoms with Crippen LogP contribution in [-0.2, 0) is 16.0 Å². The first-order chi connectivity index (χ1) is 11.6. The van der Waals surface area contributed by atoms with Crippen LogP contribution in [0.4, 0.5) is 10.1 Å². The lowest BCUT2D eigenvalue weighted by Crippen LogP contribution is -2.41. The van der Waals surface area contributed by atoms with Crippen molar-refractivity contribution < 1.29 is 18.7 Å². The first-order valence-corrected chi connectivity index (χ1v) is 7.69. The van der Waals surface area contributed by atoms with Gasteiger partial charge in [0.15, 0.2) is 6.10 Å². The maximum Gasteiger partial charge on any atom is 0.266 e. The second-order valence-corrected chi connectivity index (χ2v) is 5.52. The highest BCUT2D eigenvalue weighted by atomic mass is 19.1. The monoisotopic (exact) mass is 328 g/mol. The van der Waals surface area contributed by atoms with Gasteiger partial charge in [0.25, 0.3) is 5.91 Å². The molecule has 2 N–H and O–H groups in total. The number of carbonyl (C=O) groups excluding carboxylic acids is 2. The molecule has 6 heteroatoms. The minimum Gasteiger partial charge on any atom is -0.478 e. The molecule has 0 unspecified atom stereocenters. The van der Waals surface area contributed by atoms with Gasteiger partial charge in [0.05, 0.1) is 12.1 Å². The Kier molecular flexibility index (Phi) is 4.74. The summed E-state index contributed by atoms with van der Waals surface area (Å²) in [4.78, 5) is 24.0. The second kappa shape index (κ2) is 7.12. The predicted molar refractivity (Wildman–Crippen MR) is 87.2 cm³/mol. The Hall–Kier alpha value is -2.89. The molecule has 0 aliphatic carbocycles. The van der Waals surface area contributed by atoms with E-state index in [1.807, 2.05) is 0 Å². The third kappa shape index (κ3) is 3.90. The number of hydrogen-bond acceptors (Lipinski definition) is 3. The molecule has 124 valence electrons. The number of benzene rings is 2. The molecule has 0 bridgehead atoms. The lowest BCUT2D eigenvalue weighted by atomic mass is 10.1. The van der Waals surface area contributed by atoms with Gasteiger partial charge < -0.3 is 15.4 Å². The third-order valence-corrected chi connectivity index (χ3v) is 3.73. The molecule has 0 saturated heterocycles. The van der Waals surface area contributed by atoms with E-state index in [0.29, 0.717) is 24.4 Å². The molecule has 1 heterocycles. The summed E-state index contributed by atoms with van der Waals surface area (Å²) in [5, 5.41) is 5.47. The van der Waals surface area contributed by atoms with Crippen molar-refractivity contribution in [2.24, 2.45) is 0 Å². The maximum absolute atomic E-state index is 12.8. The van der Waals surface area contributed by atoms with Crippen LogP contribution in [0.5, 0.6) is 5.75 Å². The van der Waals surface area contributed by atoms with E-state index in [4.69, 9.17) is 4.74 Å². The quantitative estimate of drug-likeness (QED) is 0.885. The summed E-state index contributed by atoms with van der Waals surface area (Å²) >= 11 is 0. The molecular weight excluding hydrogens is 311 g/mol. The molecule has 1 aliphatic rings. The summed E-state index contributed by atoms with van der Waals surface area (Å²) in [7, 11) is 0. The van der Waals surface area contributed by atoms with Gasteiger partial charge in [-0.05, 0) is 36.2 Å². The number of ether oxygens (including phenoxy) is 1. The van der Waals surface area contributed by atoms with E-state index in [0.717, 1.165) is 5.56 Å². The number of nitrogens with one attached hydrogen (secondary N) is 2. The number of hydrogen-bond donors (Lipinski definition) is 2. The van der Waals surface area contributed by atoms with Gasteiger partial charge in [-0.2, -0.15) is 0 Å². The second-order valence-electron chi connectivity index (χ2n) is 5.52. The van der Waals surface area contributed by atoms with Crippen LogP contribution in [0.3, 0.4) is 0 Å². The summed E-state index contributed by atoms with van der Waals surface area (Å²) in [6, 6.07) is 13.2. The highest BCUT2D eigenvalue weighted by molar-refractivity contribution is 5.99. The summed E-state index contributed by atoms with van der Waals surface area (Å²) in [5.41, 5.74) is 1.53. The highest BCUT2D eigenvalue weighted by Gasteiger charge is 2.29. The van der Waals surface area contributed by atoms with E-state index in [-0.39, 0.29) is 24.1 Å². The van der Waals surface area contributed by atoms with E-state index in [1.165, 1.54) is 12.1 Å². The molecule has 0 fully saturated rings. The Morgan fingerprint density at radius 3 is 2.71 bits per heavy atom. The van der Waals surface area contributed by atoms with E-state index in [9.17, 15) is 14.0 Å². The van der Waals surface area contributed by atoms with Crippen molar-refractivity contribution in [1.29, 1.82) is 0 Å². The SMILES string of the molecule is O=C(C[C@@H]1Oc2ccccc2NC1=O)NCCc1ccc(F)cc1. The zero-order valence-electron chi connectivity index (χ0n) is 12.9. The van der Waals surface area contributed by atoms with Crippen LogP contribution >= 0.6 is 0 Å². The molecule has 0 saturated carbocycles. The zero-order chi connectivity index (χ0) is 16.9. The minimum atomic E-state index is -0.842. The normalized spacial score (nSPS) is 15.9. The summed E-state index contributed by atoms with van der Waals surface area (Å²) in [6.45, 7) is 0.412. The molecule has 3 rings (SSSR count). The fourth-order valence-corrected chi connectivity index (χ4v) is 2.46. The Balaban J connectivity index is 1.48. The number of anilines is 1. The first kappa shape index (κ1) is 16.0. The lowest BCUT2D eigenvalue weighted by Gasteiger charge is -2.25. The molecule has 1 atom stereocenters.